The van der Waals surface area contributed by atoms with Crippen molar-refractivity contribution in [1.29, 1.82) is 0 Å². The normalized spacial score (nSPS) is 24.2. The maximum atomic E-state index is 12.9. The number of hydrogen-bond acceptors (Lipinski definition) is 6. The Morgan fingerprint density at radius 2 is 2.23 bits per heavy atom. The summed E-state index contributed by atoms with van der Waals surface area (Å²) in [5, 5.41) is 19.0. The molecule has 0 bridgehead atoms. The molecule has 0 aromatic carbocycles. The summed E-state index contributed by atoms with van der Waals surface area (Å²) in [4.78, 5) is 14.5. The van der Waals surface area contributed by atoms with Gasteiger partial charge in [-0.1, -0.05) is 23.7 Å². The summed E-state index contributed by atoms with van der Waals surface area (Å²) >= 11 is 5.90. The Hall–Kier alpha value is -1.90. The van der Waals surface area contributed by atoms with Crippen molar-refractivity contribution < 1.29 is 19.2 Å². The third-order valence-electron chi connectivity index (χ3n) is 5.31. The molecule has 4 rings (SSSR count). The van der Waals surface area contributed by atoms with Crippen LogP contribution in [0.3, 0.4) is 0 Å². The van der Waals surface area contributed by atoms with Crippen LogP contribution in [-0.4, -0.2) is 61.7 Å². The molecule has 1 spiro atoms. The second kappa shape index (κ2) is 6.07. The van der Waals surface area contributed by atoms with Crippen LogP contribution >= 0.6 is 11.6 Å². The van der Waals surface area contributed by atoms with Gasteiger partial charge in [0.15, 0.2) is 5.69 Å². The first-order valence-electron chi connectivity index (χ1n) is 8.62. The van der Waals surface area contributed by atoms with Crippen LogP contribution in [0.2, 0.25) is 5.02 Å². The maximum Gasteiger partial charge on any atom is 0.276 e. The van der Waals surface area contributed by atoms with E-state index >= 15 is 0 Å². The topological polar surface area (TPSA) is 93.6 Å². The van der Waals surface area contributed by atoms with Crippen molar-refractivity contribution >= 4 is 17.5 Å². The van der Waals surface area contributed by atoms with Gasteiger partial charge >= 0.3 is 0 Å². The minimum absolute atomic E-state index is 0.198. The number of aryl methyl sites for hydroxylation is 1. The lowest BCUT2D eigenvalue weighted by molar-refractivity contribution is -0.0958. The maximum absolute atomic E-state index is 12.9. The van der Waals surface area contributed by atoms with Crippen LogP contribution in [-0.2, 0) is 11.3 Å². The molecule has 9 heteroatoms. The van der Waals surface area contributed by atoms with Gasteiger partial charge in [-0.15, -0.1) is 0 Å². The second-order valence-electron chi connectivity index (χ2n) is 7.31. The first-order valence-corrected chi connectivity index (χ1v) is 9.00. The Balaban J connectivity index is 1.47. The smallest absolute Gasteiger partial charge is 0.276 e. The van der Waals surface area contributed by atoms with E-state index in [0.717, 1.165) is 0 Å². The highest BCUT2D eigenvalue weighted by Gasteiger charge is 2.56. The summed E-state index contributed by atoms with van der Waals surface area (Å²) in [7, 11) is 0. The molecule has 140 valence electrons. The van der Waals surface area contributed by atoms with E-state index in [4.69, 9.17) is 20.9 Å². The molecule has 2 aliphatic rings. The molecule has 0 saturated carbocycles. The molecule has 4 heterocycles. The minimum Gasteiger partial charge on any atom is -0.387 e. The number of nitrogens with zero attached hydrogens (tertiary/aromatic N) is 4. The summed E-state index contributed by atoms with van der Waals surface area (Å²) in [5.74, 6) is 0.379. The van der Waals surface area contributed by atoms with Crippen molar-refractivity contribution in [3.8, 4) is 0 Å². The van der Waals surface area contributed by atoms with Crippen molar-refractivity contribution in [2.24, 2.45) is 0 Å². The van der Waals surface area contributed by atoms with Gasteiger partial charge < -0.3 is 19.3 Å². The lowest BCUT2D eigenvalue weighted by Crippen LogP contribution is -2.63. The van der Waals surface area contributed by atoms with Gasteiger partial charge in [-0.05, 0) is 13.3 Å². The molecule has 0 aliphatic carbocycles. The summed E-state index contributed by atoms with van der Waals surface area (Å²) in [6, 6.07) is 0. The van der Waals surface area contributed by atoms with Crippen molar-refractivity contribution in [2.45, 2.75) is 44.4 Å². The van der Waals surface area contributed by atoms with Gasteiger partial charge in [0, 0.05) is 18.2 Å². The lowest BCUT2D eigenvalue weighted by Gasteiger charge is -2.47. The van der Waals surface area contributed by atoms with E-state index in [2.05, 4.69) is 10.3 Å². The predicted octanol–water partition coefficient (Wildman–Crippen LogP) is 1.64. The molecule has 1 N–H and O–H groups in total. The fraction of sp³-hybridized carbons (Fsp3) is 0.588. The highest BCUT2D eigenvalue weighted by Crippen LogP contribution is 2.41. The predicted molar refractivity (Wildman–Crippen MR) is 92.0 cm³/mol. The van der Waals surface area contributed by atoms with Crippen molar-refractivity contribution in [1.82, 2.24) is 19.8 Å². The highest BCUT2D eigenvalue weighted by molar-refractivity contribution is 6.30. The Bertz CT molecular complexity index is 842. The first kappa shape index (κ1) is 17.5. The van der Waals surface area contributed by atoms with E-state index in [0.29, 0.717) is 55.4 Å². The Morgan fingerprint density at radius 1 is 1.46 bits per heavy atom. The molecule has 1 unspecified atom stereocenters. The summed E-state index contributed by atoms with van der Waals surface area (Å²) < 4.78 is 12.7. The molecular formula is C17H21ClN4O4. The number of aliphatic hydroxyl groups is 1. The molecular weight excluding hydrogens is 360 g/mol. The van der Waals surface area contributed by atoms with Crippen LogP contribution in [0.1, 0.15) is 41.6 Å². The Kier molecular flexibility index (Phi) is 4.09. The Labute approximate surface area is 155 Å². The van der Waals surface area contributed by atoms with E-state index in [1.807, 2.05) is 6.92 Å². The van der Waals surface area contributed by atoms with Gasteiger partial charge in [0.1, 0.15) is 11.4 Å². The molecule has 2 aromatic heterocycles. The summed E-state index contributed by atoms with van der Waals surface area (Å²) in [5.41, 5.74) is -0.250. The molecule has 2 aromatic rings. The Morgan fingerprint density at radius 3 is 2.85 bits per heavy atom. The highest BCUT2D eigenvalue weighted by atomic mass is 35.5. The van der Waals surface area contributed by atoms with E-state index in [9.17, 15) is 9.90 Å². The third-order valence-corrected chi connectivity index (χ3v) is 5.51. The second-order valence-corrected chi connectivity index (χ2v) is 7.75. The van der Waals surface area contributed by atoms with Crippen molar-refractivity contribution in [3.05, 3.63) is 34.4 Å². The number of rotatable bonds is 4. The number of ether oxygens (including phenoxy) is 1. The monoisotopic (exact) mass is 380 g/mol. The van der Waals surface area contributed by atoms with Gasteiger partial charge in [-0.2, -0.15) is 5.10 Å². The molecule has 2 fully saturated rings. The number of carbonyl (C=O) groups is 1. The number of hydrogen-bond donors (Lipinski definition) is 1. The van der Waals surface area contributed by atoms with Crippen LogP contribution in [0.5, 0.6) is 0 Å². The van der Waals surface area contributed by atoms with Crippen LogP contribution in [0.15, 0.2) is 16.9 Å². The number of carbonyl (C=O) groups excluding carboxylic acids is 1. The average molecular weight is 381 g/mol. The molecule has 8 nitrogen and oxygen atoms in total. The zero-order valence-corrected chi connectivity index (χ0v) is 15.5. The van der Waals surface area contributed by atoms with E-state index in [1.165, 1.54) is 6.20 Å². The van der Waals surface area contributed by atoms with Crippen LogP contribution in [0, 0.1) is 6.92 Å². The zero-order valence-electron chi connectivity index (χ0n) is 14.7. The fourth-order valence-electron chi connectivity index (χ4n) is 3.69. The van der Waals surface area contributed by atoms with Crippen LogP contribution < -0.4 is 0 Å². The SMILES string of the molecule is CCC1(O)COC2(CN(C(=O)c3noc(C)c3Cn3cc(Cl)cn3)C2)C1. The summed E-state index contributed by atoms with van der Waals surface area (Å²) in [6.45, 7) is 5.29. The van der Waals surface area contributed by atoms with Crippen LogP contribution in [0.25, 0.3) is 0 Å². The molecule has 2 aliphatic heterocycles. The third kappa shape index (κ3) is 2.91. The van der Waals surface area contributed by atoms with Gasteiger partial charge in [-0.25, -0.2) is 0 Å². The van der Waals surface area contributed by atoms with E-state index in [-0.39, 0.29) is 11.6 Å². The van der Waals surface area contributed by atoms with Gasteiger partial charge in [0.25, 0.3) is 5.91 Å². The van der Waals surface area contributed by atoms with Crippen LogP contribution in [0.4, 0.5) is 0 Å². The quantitative estimate of drug-likeness (QED) is 0.866. The lowest BCUT2D eigenvalue weighted by atomic mass is 9.83. The molecule has 26 heavy (non-hydrogen) atoms. The van der Waals surface area contributed by atoms with Crippen molar-refractivity contribution in [2.75, 3.05) is 19.7 Å². The number of amides is 1. The molecule has 2 saturated heterocycles. The minimum atomic E-state index is -0.788. The largest absolute Gasteiger partial charge is 0.387 e. The zero-order chi connectivity index (χ0) is 18.5. The van der Waals surface area contributed by atoms with Gasteiger partial charge in [0.2, 0.25) is 0 Å². The number of aromatic nitrogens is 3. The standard InChI is InChI=1S/C17H21ClN4O4/c1-3-16(24)7-17(25-10-16)8-21(9-17)15(23)14-13(11(2)26-20-14)6-22-5-12(18)4-19-22/h4-5,24H,3,6-10H2,1-2H3. The number of likely N-dealkylation sites (tertiary alicyclic amines) is 1. The summed E-state index contributed by atoms with van der Waals surface area (Å²) in [6.07, 6.45) is 4.41. The first-order chi connectivity index (χ1) is 12.3. The van der Waals surface area contributed by atoms with Crippen molar-refractivity contribution in [3.63, 3.8) is 0 Å². The average Bonchev–Trinajstić information content (AvgIpc) is 3.25. The fourth-order valence-corrected chi connectivity index (χ4v) is 3.85. The van der Waals surface area contributed by atoms with Gasteiger partial charge in [-0.3, -0.25) is 9.48 Å². The molecule has 1 atom stereocenters. The molecule has 1 amide bonds. The van der Waals surface area contributed by atoms with E-state index in [1.54, 1.807) is 22.7 Å². The van der Waals surface area contributed by atoms with E-state index < -0.39 is 11.2 Å². The molecule has 0 radical (unpaired) electrons. The van der Waals surface area contributed by atoms with Gasteiger partial charge in [0.05, 0.1) is 43.1 Å². The number of halogens is 1.